The quantitative estimate of drug-likeness (QED) is 0.394. The molecule has 11 heteroatoms. The fourth-order valence-corrected chi connectivity index (χ4v) is 4.83. The zero-order valence-electron chi connectivity index (χ0n) is 19.9. The van der Waals surface area contributed by atoms with Gasteiger partial charge in [0.25, 0.3) is 0 Å². The van der Waals surface area contributed by atoms with Crippen LogP contribution in [0.3, 0.4) is 0 Å². The molecule has 192 valence electrons. The van der Waals surface area contributed by atoms with Gasteiger partial charge in [0.05, 0.1) is 11.9 Å². The summed E-state index contributed by atoms with van der Waals surface area (Å²) in [6.07, 6.45) is 2.82. The van der Waals surface area contributed by atoms with Gasteiger partial charge in [0.2, 0.25) is 21.8 Å². The SMILES string of the molecule is CCCCNC(=O)C(CC)N(Cc1ccc(Cl)cc1Cl)C(=O)CN(c1ccccc1F)S(C)(=O)=O. The number of hydrogen-bond acceptors (Lipinski definition) is 4. The molecule has 35 heavy (non-hydrogen) atoms. The highest BCUT2D eigenvalue weighted by atomic mass is 35.5. The molecule has 0 aliphatic carbocycles. The Morgan fingerprint density at radius 2 is 1.80 bits per heavy atom. The number of para-hydroxylation sites is 1. The van der Waals surface area contributed by atoms with Gasteiger partial charge in [-0.25, -0.2) is 12.8 Å². The number of nitrogens with one attached hydrogen (secondary N) is 1. The number of rotatable bonds is 12. The van der Waals surface area contributed by atoms with Crippen LogP contribution in [-0.2, 0) is 26.2 Å². The molecule has 0 spiro atoms. The fourth-order valence-electron chi connectivity index (χ4n) is 3.51. The summed E-state index contributed by atoms with van der Waals surface area (Å²) >= 11 is 12.3. The van der Waals surface area contributed by atoms with Crippen molar-refractivity contribution in [2.24, 2.45) is 0 Å². The van der Waals surface area contributed by atoms with Crippen LogP contribution in [-0.4, -0.2) is 50.5 Å². The van der Waals surface area contributed by atoms with Crippen molar-refractivity contribution in [3.63, 3.8) is 0 Å². The van der Waals surface area contributed by atoms with E-state index in [9.17, 15) is 22.4 Å². The van der Waals surface area contributed by atoms with E-state index in [1.165, 1.54) is 29.2 Å². The van der Waals surface area contributed by atoms with Gasteiger partial charge >= 0.3 is 0 Å². The standard InChI is InChI=1S/C24H30Cl2FN3O4S/c1-4-6-13-28-24(32)21(5-2)29(15-17-11-12-18(25)14-19(17)26)23(31)16-30(35(3,33)34)22-10-8-7-9-20(22)27/h7-12,14,21H,4-6,13,15-16H2,1-3H3,(H,28,32). The number of hydrogen-bond donors (Lipinski definition) is 1. The van der Waals surface area contributed by atoms with Gasteiger partial charge in [-0.1, -0.05) is 61.7 Å². The van der Waals surface area contributed by atoms with Gasteiger partial charge in [-0.3, -0.25) is 13.9 Å². The Balaban J connectivity index is 2.45. The van der Waals surface area contributed by atoms with Crippen LogP contribution in [0.4, 0.5) is 10.1 Å². The molecular formula is C24H30Cl2FN3O4S. The minimum Gasteiger partial charge on any atom is -0.354 e. The predicted molar refractivity (Wildman–Crippen MR) is 138 cm³/mol. The lowest BCUT2D eigenvalue weighted by atomic mass is 10.1. The van der Waals surface area contributed by atoms with Gasteiger partial charge < -0.3 is 10.2 Å². The molecule has 0 aliphatic heterocycles. The van der Waals surface area contributed by atoms with Crippen LogP contribution in [0.25, 0.3) is 0 Å². The van der Waals surface area contributed by atoms with E-state index in [1.807, 2.05) is 6.92 Å². The van der Waals surface area contributed by atoms with Gasteiger partial charge in [0.15, 0.2) is 0 Å². The summed E-state index contributed by atoms with van der Waals surface area (Å²) in [5.41, 5.74) is 0.272. The Labute approximate surface area is 216 Å². The minimum atomic E-state index is -4.02. The molecule has 1 unspecified atom stereocenters. The average Bonchev–Trinajstić information content (AvgIpc) is 2.78. The number of benzene rings is 2. The van der Waals surface area contributed by atoms with Crippen LogP contribution in [0.15, 0.2) is 42.5 Å². The molecule has 0 saturated heterocycles. The van der Waals surface area contributed by atoms with E-state index in [0.717, 1.165) is 25.2 Å². The summed E-state index contributed by atoms with van der Waals surface area (Å²) in [6, 6.07) is 9.15. The number of carbonyl (C=O) groups is 2. The molecule has 0 aromatic heterocycles. The molecule has 2 amide bonds. The van der Waals surface area contributed by atoms with Crippen molar-refractivity contribution in [3.05, 3.63) is 63.9 Å². The molecule has 0 saturated carbocycles. The lowest BCUT2D eigenvalue weighted by Crippen LogP contribution is -2.52. The van der Waals surface area contributed by atoms with Crippen LogP contribution in [0.2, 0.25) is 10.0 Å². The van der Waals surface area contributed by atoms with Crippen LogP contribution >= 0.6 is 23.2 Å². The second kappa shape index (κ2) is 13.1. The average molecular weight is 546 g/mol. The van der Waals surface area contributed by atoms with Crippen molar-refractivity contribution in [2.45, 2.75) is 45.7 Å². The summed E-state index contributed by atoms with van der Waals surface area (Å²) in [5.74, 6) is -1.83. The Hall–Kier alpha value is -2.36. The highest BCUT2D eigenvalue weighted by molar-refractivity contribution is 7.92. The summed E-state index contributed by atoms with van der Waals surface area (Å²) in [4.78, 5) is 27.8. The van der Waals surface area contributed by atoms with E-state index in [1.54, 1.807) is 19.1 Å². The van der Waals surface area contributed by atoms with Crippen molar-refractivity contribution in [2.75, 3.05) is 23.7 Å². The second-order valence-corrected chi connectivity index (χ2v) is 10.8. The maximum Gasteiger partial charge on any atom is 0.244 e. The molecule has 2 aromatic carbocycles. The second-order valence-electron chi connectivity index (χ2n) is 8.05. The van der Waals surface area contributed by atoms with Crippen molar-refractivity contribution in [3.8, 4) is 0 Å². The fraction of sp³-hybridized carbons (Fsp3) is 0.417. The van der Waals surface area contributed by atoms with Gasteiger partial charge in [0.1, 0.15) is 18.4 Å². The number of unbranched alkanes of at least 4 members (excludes halogenated alkanes) is 1. The predicted octanol–water partition coefficient (Wildman–Crippen LogP) is 4.62. The smallest absolute Gasteiger partial charge is 0.244 e. The van der Waals surface area contributed by atoms with E-state index < -0.39 is 34.3 Å². The summed E-state index contributed by atoms with van der Waals surface area (Å²) < 4.78 is 40.2. The monoisotopic (exact) mass is 545 g/mol. The molecule has 1 N–H and O–H groups in total. The van der Waals surface area contributed by atoms with Gasteiger partial charge in [-0.2, -0.15) is 0 Å². The molecule has 2 aromatic rings. The Morgan fingerprint density at radius 3 is 2.37 bits per heavy atom. The molecule has 0 bridgehead atoms. The van der Waals surface area contributed by atoms with Gasteiger partial charge in [0, 0.05) is 23.1 Å². The first-order chi connectivity index (χ1) is 16.5. The Bertz CT molecular complexity index is 1150. The third kappa shape index (κ3) is 8.08. The normalized spacial score (nSPS) is 12.2. The molecule has 0 heterocycles. The van der Waals surface area contributed by atoms with Gasteiger partial charge in [-0.15, -0.1) is 0 Å². The van der Waals surface area contributed by atoms with Crippen LogP contribution in [0.5, 0.6) is 0 Å². The minimum absolute atomic E-state index is 0.0661. The number of anilines is 1. The number of amides is 2. The van der Waals surface area contributed by atoms with E-state index in [0.29, 0.717) is 26.5 Å². The first-order valence-corrected chi connectivity index (χ1v) is 13.8. The number of sulfonamides is 1. The highest BCUT2D eigenvalue weighted by Crippen LogP contribution is 2.25. The van der Waals surface area contributed by atoms with Crippen LogP contribution < -0.4 is 9.62 Å². The molecule has 0 aliphatic rings. The molecule has 2 rings (SSSR count). The zero-order valence-corrected chi connectivity index (χ0v) is 22.3. The number of nitrogens with zero attached hydrogens (tertiary/aromatic N) is 2. The van der Waals surface area contributed by atoms with E-state index in [2.05, 4.69) is 5.32 Å². The zero-order chi connectivity index (χ0) is 26.2. The maximum atomic E-state index is 14.5. The first kappa shape index (κ1) is 28.9. The lowest BCUT2D eigenvalue weighted by Gasteiger charge is -2.33. The summed E-state index contributed by atoms with van der Waals surface area (Å²) in [6.45, 7) is 3.43. The van der Waals surface area contributed by atoms with Crippen molar-refractivity contribution in [1.82, 2.24) is 10.2 Å². The highest BCUT2D eigenvalue weighted by Gasteiger charge is 2.32. The van der Waals surface area contributed by atoms with Crippen LogP contribution in [0.1, 0.15) is 38.7 Å². The first-order valence-electron chi connectivity index (χ1n) is 11.2. The van der Waals surface area contributed by atoms with E-state index in [-0.39, 0.29) is 24.6 Å². The molecule has 0 fully saturated rings. The molecule has 7 nitrogen and oxygen atoms in total. The van der Waals surface area contributed by atoms with E-state index in [4.69, 9.17) is 23.2 Å². The summed E-state index contributed by atoms with van der Waals surface area (Å²) in [5, 5.41) is 3.53. The lowest BCUT2D eigenvalue weighted by molar-refractivity contribution is -0.140. The third-order valence-electron chi connectivity index (χ3n) is 5.37. The largest absolute Gasteiger partial charge is 0.354 e. The number of carbonyl (C=O) groups excluding carboxylic acids is 2. The Morgan fingerprint density at radius 1 is 1.11 bits per heavy atom. The molecule has 0 radical (unpaired) electrons. The Kier molecular flexibility index (Phi) is 10.8. The van der Waals surface area contributed by atoms with Crippen molar-refractivity contribution >= 4 is 50.7 Å². The molecular weight excluding hydrogens is 516 g/mol. The van der Waals surface area contributed by atoms with E-state index >= 15 is 0 Å². The third-order valence-corrected chi connectivity index (χ3v) is 7.09. The molecule has 1 atom stereocenters. The summed E-state index contributed by atoms with van der Waals surface area (Å²) in [7, 11) is -4.02. The van der Waals surface area contributed by atoms with Crippen molar-refractivity contribution in [1.29, 1.82) is 0 Å². The van der Waals surface area contributed by atoms with Crippen LogP contribution in [0, 0.1) is 5.82 Å². The van der Waals surface area contributed by atoms with Crippen molar-refractivity contribution < 1.29 is 22.4 Å². The number of halogens is 3. The topological polar surface area (TPSA) is 86.8 Å². The maximum absolute atomic E-state index is 14.5. The van der Waals surface area contributed by atoms with Gasteiger partial charge in [-0.05, 0) is 42.7 Å².